The lowest BCUT2D eigenvalue weighted by atomic mass is 9.97. The Hall–Kier alpha value is -3.78. The molecule has 0 atom stereocenters. The SMILES string of the molecule is COc1ccc(/C=C2\C(=O)NC(=O)N(c3ccc(Br)cc3)C2=O)c(Cc2cccc(F)c2)c1. The third kappa shape index (κ3) is 4.85. The number of urea groups is 1. The second-order valence-electron chi connectivity index (χ2n) is 7.31. The van der Waals surface area contributed by atoms with Crippen molar-refractivity contribution >= 4 is 45.5 Å². The zero-order chi connectivity index (χ0) is 23.5. The number of methoxy groups -OCH3 is 1. The number of rotatable bonds is 5. The predicted octanol–water partition coefficient (Wildman–Crippen LogP) is 4.85. The first kappa shape index (κ1) is 22.4. The van der Waals surface area contributed by atoms with Crippen LogP contribution in [0.4, 0.5) is 14.9 Å². The van der Waals surface area contributed by atoms with Crippen LogP contribution in [0.3, 0.4) is 0 Å². The minimum atomic E-state index is -0.820. The molecule has 3 aromatic carbocycles. The van der Waals surface area contributed by atoms with E-state index in [1.165, 1.54) is 25.3 Å². The van der Waals surface area contributed by atoms with Gasteiger partial charge in [0.1, 0.15) is 17.1 Å². The van der Waals surface area contributed by atoms with E-state index in [9.17, 15) is 18.8 Å². The highest BCUT2D eigenvalue weighted by molar-refractivity contribution is 9.10. The first-order valence-corrected chi connectivity index (χ1v) is 10.7. The summed E-state index contributed by atoms with van der Waals surface area (Å²) in [6.07, 6.45) is 1.78. The zero-order valence-corrected chi connectivity index (χ0v) is 19.1. The predicted molar refractivity (Wildman–Crippen MR) is 125 cm³/mol. The Morgan fingerprint density at radius 1 is 1.03 bits per heavy atom. The van der Waals surface area contributed by atoms with Crippen molar-refractivity contribution in [1.82, 2.24) is 5.32 Å². The van der Waals surface area contributed by atoms with E-state index in [4.69, 9.17) is 4.74 Å². The van der Waals surface area contributed by atoms with Crippen LogP contribution in [-0.4, -0.2) is 25.0 Å². The number of carbonyl (C=O) groups is 3. The van der Waals surface area contributed by atoms with E-state index < -0.39 is 17.8 Å². The van der Waals surface area contributed by atoms with Crippen LogP contribution in [0.15, 0.2) is 76.8 Å². The summed E-state index contributed by atoms with van der Waals surface area (Å²) >= 11 is 3.31. The summed E-state index contributed by atoms with van der Waals surface area (Å²) in [5, 5.41) is 2.22. The number of ether oxygens (including phenoxy) is 1. The Labute approximate surface area is 197 Å². The highest BCUT2D eigenvalue weighted by Crippen LogP contribution is 2.27. The molecule has 0 radical (unpaired) electrons. The largest absolute Gasteiger partial charge is 0.497 e. The fourth-order valence-corrected chi connectivity index (χ4v) is 3.77. The average Bonchev–Trinajstić information content (AvgIpc) is 2.78. The maximum absolute atomic E-state index is 13.7. The molecule has 6 nitrogen and oxygen atoms in total. The van der Waals surface area contributed by atoms with Crippen molar-refractivity contribution in [2.75, 3.05) is 12.0 Å². The van der Waals surface area contributed by atoms with Gasteiger partial charge in [-0.05, 0) is 77.7 Å². The molecule has 1 aliphatic heterocycles. The quantitative estimate of drug-likeness (QED) is 0.394. The van der Waals surface area contributed by atoms with Gasteiger partial charge in [-0.3, -0.25) is 14.9 Å². The fourth-order valence-electron chi connectivity index (χ4n) is 3.51. The second kappa shape index (κ2) is 9.38. The number of nitrogens with zero attached hydrogens (tertiary/aromatic N) is 1. The van der Waals surface area contributed by atoms with E-state index in [0.717, 1.165) is 14.9 Å². The molecule has 0 saturated carbocycles. The summed E-state index contributed by atoms with van der Waals surface area (Å²) in [5.74, 6) is -1.31. The van der Waals surface area contributed by atoms with Crippen molar-refractivity contribution < 1.29 is 23.5 Å². The highest BCUT2D eigenvalue weighted by atomic mass is 79.9. The molecule has 0 unspecified atom stereocenters. The molecule has 1 aliphatic rings. The molecule has 1 fully saturated rings. The molecule has 1 heterocycles. The van der Waals surface area contributed by atoms with Gasteiger partial charge in [0, 0.05) is 4.47 Å². The molecule has 33 heavy (non-hydrogen) atoms. The van der Waals surface area contributed by atoms with Crippen LogP contribution in [0.25, 0.3) is 6.08 Å². The number of nitrogens with one attached hydrogen (secondary N) is 1. The molecule has 0 spiro atoms. The number of carbonyl (C=O) groups excluding carboxylic acids is 3. The lowest BCUT2D eigenvalue weighted by Gasteiger charge is -2.26. The maximum Gasteiger partial charge on any atom is 0.335 e. The van der Waals surface area contributed by atoms with Crippen molar-refractivity contribution in [1.29, 1.82) is 0 Å². The van der Waals surface area contributed by atoms with E-state index in [0.29, 0.717) is 29.0 Å². The number of benzene rings is 3. The summed E-state index contributed by atoms with van der Waals surface area (Å²) in [6.45, 7) is 0. The topological polar surface area (TPSA) is 75.7 Å². The van der Waals surface area contributed by atoms with Crippen molar-refractivity contribution in [3.63, 3.8) is 0 Å². The first-order chi connectivity index (χ1) is 15.9. The summed E-state index contributed by atoms with van der Waals surface area (Å²) in [6, 6.07) is 17.1. The van der Waals surface area contributed by atoms with Gasteiger partial charge in [-0.1, -0.05) is 34.1 Å². The molecule has 0 bridgehead atoms. The van der Waals surface area contributed by atoms with Gasteiger partial charge >= 0.3 is 6.03 Å². The molecule has 0 aliphatic carbocycles. The van der Waals surface area contributed by atoms with Gasteiger partial charge in [-0.15, -0.1) is 0 Å². The number of halogens is 2. The van der Waals surface area contributed by atoms with Crippen molar-refractivity contribution in [2.45, 2.75) is 6.42 Å². The van der Waals surface area contributed by atoms with Crippen LogP contribution < -0.4 is 15.0 Å². The van der Waals surface area contributed by atoms with Crippen molar-refractivity contribution in [3.8, 4) is 5.75 Å². The zero-order valence-electron chi connectivity index (χ0n) is 17.5. The molecule has 166 valence electrons. The second-order valence-corrected chi connectivity index (χ2v) is 8.22. The summed E-state index contributed by atoms with van der Waals surface area (Å²) < 4.78 is 19.8. The number of imide groups is 2. The molecule has 1 saturated heterocycles. The lowest BCUT2D eigenvalue weighted by Crippen LogP contribution is -2.54. The summed E-state index contributed by atoms with van der Waals surface area (Å²) in [4.78, 5) is 39.0. The van der Waals surface area contributed by atoms with Crippen LogP contribution in [0.5, 0.6) is 5.75 Å². The average molecular weight is 509 g/mol. The summed E-state index contributed by atoms with van der Waals surface area (Å²) in [5.41, 5.74) is 2.15. The Morgan fingerprint density at radius 3 is 2.48 bits per heavy atom. The Bertz CT molecular complexity index is 1290. The van der Waals surface area contributed by atoms with Gasteiger partial charge < -0.3 is 4.74 Å². The Balaban J connectivity index is 1.75. The molecule has 3 aromatic rings. The van der Waals surface area contributed by atoms with Crippen LogP contribution in [0, 0.1) is 5.82 Å². The van der Waals surface area contributed by atoms with Gasteiger partial charge in [-0.25, -0.2) is 14.1 Å². The minimum absolute atomic E-state index is 0.192. The minimum Gasteiger partial charge on any atom is -0.497 e. The van der Waals surface area contributed by atoms with Crippen LogP contribution in [-0.2, 0) is 16.0 Å². The standard InChI is InChI=1S/C25H18BrFN2O4/c1-33-21-10-5-16(17(13-21)11-15-3-2-4-19(27)12-15)14-22-23(30)28-25(32)29(24(22)31)20-8-6-18(26)7-9-20/h2-10,12-14H,11H2,1H3,(H,28,30,32)/b22-14+. The summed E-state index contributed by atoms with van der Waals surface area (Å²) in [7, 11) is 1.53. The van der Waals surface area contributed by atoms with E-state index in [-0.39, 0.29) is 11.4 Å². The molecule has 8 heteroatoms. The number of barbiturate groups is 1. The van der Waals surface area contributed by atoms with Crippen LogP contribution >= 0.6 is 15.9 Å². The molecule has 4 rings (SSSR count). The maximum atomic E-state index is 13.7. The molecule has 4 amide bonds. The van der Waals surface area contributed by atoms with E-state index in [1.807, 2.05) is 0 Å². The molecule has 1 N–H and O–H groups in total. The van der Waals surface area contributed by atoms with Gasteiger partial charge in [0.25, 0.3) is 11.8 Å². The molecule has 0 aromatic heterocycles. The van der Waals surface area contributed by atoms with Crippen LogP contribution in [0.1, 0.15) is 16.7 Å². The Morgan fingerprint density at radius 2 is 1.79 bits per heavy atom. The monoisotopic (exact) mass is 508 g/mol. The van der Waals surface area contributed by atoms with E-state index >= 15 is 0 Å². The number of hydrogen-bond acceptors (Lipinski definition) is 4. The van der Waals surface area contributed by atoms with Crippen molar-refractivity contribution in [2.24, 2.45) is 0 Å². The highest BCUT2D eigenvalue weighted by Gasteiger charge is 2.36. The smallest absolute Gasteiger partial charge is 0.335 e. The van der Waals surface area contributed by atoms with Gasteiger partial charge in [0.2, 0.25) is 0 Å². The molecular formula is C25H18BrFN2O4. The third-order valence-corrected chi connectivity index (χ3v) is 5.65. The van der Waals surface area contributed by atoms with Gasteiger partial charge in [0.15, 0.2) is 0 Å². The van der Waals surface area contributed by atoms with Gasteiger partial charge in [-0.2, -0.15) is 0 Å². The van der Waals surface area contributed by atoms with Crippen LogP contribution in [0.2, 0.25) is 0 Å². The fraction of sp³-hybridized carbons (Fsp3) is 0.0800. The first-order valence-electron chi connectivity index (χ1n) is 9.94. The van der Waals surface area contributed by atoms with E-state index in [2.05, 4.69) is 21.2 Å². The Kier molecular flexibility index (Phi) is 6.37. The molecular weight excluding hydrogens is 491 g/mol. The number of amides is 4. The third-order valence-electron chi connectivity index (χ3n) is 5.12. The lowest BCUT2D eigenvalue weighted by molar-refractivity contribution is -0.122. The van der Waals surface area contributed by atoms with E-state index in [1.54, 1.807) is 54.6 Å². The van der Waals surface area contributed by atoms with Gasteiger partial charge in [0.05, 0.1) is 12.8 Å². The van der Waals surface area contributed by atoms with Crippen molar-refractivity contribution in [3.05, 3.63) is 99.3 Å². The number of hydrogen-bond donors (Lipinski definition) is 1. The number of anilines is 1. The normalized spacial score (nSPS) is 15.1.